The lowest BCUT2D eigenvalue weighted by molar-refractivity contribution is -0.151. The fraction of sp³-hybridized carbons (Fsp3) is 0.600. The Bertz CT molecular complexity index is 855. The number of esters is 1. The number of hydrogen-bond donors (Lipinski definition) is 0. The first-order valence-electron chi connectivity index (χ1n) is 9.94. The lowest BCUT2D eigenvalue weighted by Gasteiger charge is -2.36. The van der Waals surface area contributed by atoms with Crippen molar-refractivity contribution in [1.82, 2.24) is 9.21 Å². The Kier molecular flexibility index (Phi) is 6.60. The van der Waals surface area contributed by atoms with E-state index in [0.29, 0.717) is 26.2 Å². The molecule has 1 aromatic rings. The fourth-order valence-electron chi connectivity index (χ4n) is 3.76. The number of carbonyl (C=O) groups excluding carboxylic acids is 2. The van der Waals surface area contributed by atoms with E-state index in [4.69, 9.17) is 9.47 Å². The highest BCUT2D eigenvalue weighted by atomic mass is 32.2. The first kappa shape index (κ1) is 21.7. The molecule has 0 N–H and O–H groups in total. The van der Waals surface area contributed by atoms with Crippen molar-refractivity contribution in [2.45, 2.75) is 56.8 Å². The van der Waals surface area contributed by atoms with Crippen molar-refractivity contribution in [1.29, 1.82) is 0 Å². The number of sulfonamides is 1. The van der Waals surface area contributed by atoms with Gasteiger partial charge in [0.2, 0.25) is 10.0 Å². The molecule has 2 heterocycles. The van der Waals surface area contributed by atoms with Gasteiger partial charge < -0.3 is 14.4 Å². The van der Waals surface area contributed by atoms with E-state index in [1.165, 1.54) is 35.5 Å². The van der Waals surface area contributed by atoms with E-state index in [1.807, 2.05) is 13.8 Å². The van der Waals surface area contributed by atoms with Crippen LogP contribution >= 0.6 is 0 Å². The number of carbonyl (C=O) groups is 2. The highest BCUT2D eigenvalue weighted by Crippen LogP contribution is 2.22. The van der Waals surface area contributed by atoms with Crippen molar-refractivity contribution in [2.24, 2.45) is 0 Å². The second kappa shape index (κ2) is 8.81. The zero-order chi connectivity index (χ0) is 21.2. The zero-order valence-corrected chi connectivity index (χ0v) is 17.9. The molecule has 3 unspecified atom stereocenters. The lowest BCUT2D eigenvalue weighted by Crippen LogP contribution is -2.51. The summed E-state index contributed by atoms with van der Waals surface area (Å²) >= 11 is 0. The summed E-state index contributed by atoms with van der Waals surface area (Å²) in [4.78, 5) is 26.9. The number of morpholine rings is 1. The van der Waals surface area contributed by atoms with Crippen LogP contribution in [-0.4, -0.2) is 74.0 Å². The van der Waals surface area contributed by atoms with Crippen molar-refractivity contribution < 1.29 is 27.5 Å². The highest BCUT2D eigenvalue weighted by molar-refractivity contribution is 7.89. The Balaban J connectivity index is 1.68. The van der Waals surface area contributed by atoms with Gasteiger partial charge in [-0.25, -0.2) is 13.2 Å². The van der Waals surface area contributed by atoms with Gasteiger partial charge in [-0.3, -0.25) is 4.79 Å². The normalized spacial score (nSPS) is 24.3. The van der Waals surface area contributed by atoms with Gasteiger partial charge in [0, 0.05) is 26.2 Å². The summed E-state index contributed by atoms with van der Waals surface area (Å²) in [5.74, 6) is -1.01. The second-order valence-corrected chi connectivity index (χ2v) is 9.63. The van der Waals surface area contributed by atoms with Crippen LogP contribution in [0, 0.1) is 0 Å². The molecule has 0 aliphatic carbocycles. The summed E-state index contributed by atoms with van der Waals surface area (Å²) in [7, 11) is -3.63. The molecule has 160 valence electrons. The van der Waals surface area contributed by atoms with E-state index < -0.39 is 22.1 Å². The van der Waals surface area contributed by atoms with Gasteiger partial charge in [0.25, 0.3) is 5.91 Å². The van der Waals surface area contributed by atoms with Crippen LogP contribution in [0.2, 0.25) is 0 Å². The predicted molar refractivity (Wildman–Crippen MR) is 106 cm³/mol. The molecule has 8 nitrogen and oxygen atoms in total. The number of amides is 1. The minimum Gasteiger partial charge on any atom is -0.449 e. The van der Waals surface area contributed by atoms with Crippen LogP contribution in [0.15, 0.2) is 29.2 Å². The predicted octanol–water partition coefficient (Wildman–Crippen LogP) is 1.65. The second-order valence-electron chi connectivity index (χ2n) is 7.69. The Morgan fingerprint density at radius 3 is 2.38 bits per heavy atom. The molecule has 0 aromatic heterocycles. The summed E-state index contributed by atoms with van der Waals surface area (Å²) in [6.07, 6.45) is 0.522. The topological polar surface area (TPSA) is 93.2 Å². The summed E-state index contributed by atoms with van der Waals surface area (Å²) in [6, 6.07) is 5.78. The summed E-state index contributed by atoms with van der Waals surface area (Å²) in [5, 5.41) is 0. The highest BCUT2D eigenvalue weighted by Gasteiger charge is 2.31. The van der Waals surface area contributed by atoms with Gasteiger partial charge in [0.05, 0.1) is 22.7 Å². The maximum Gasteiger partial charge on any atom is 0.338 e. The van der Waals surface area contributed by atoms with E-state index in [0.717, 1.165) is 12.8 Å². The van der Waals surface area contributed by atoms with Gasteiger partial charge >= 0.3 is 5.97 Å². The van der Waals surface area contributed by atoms with E-state index in [9.17, 15) is 18.0 Å². The first-order valence-corrected chi connectivity index (χ1v) is 11.4. The zero-order valence-electron chi connectivity index (χ0n) is 17.0. The minimum absolute atomic E-state index is 0.0589. The smallest absolute Gasteiger partial charge is 0.338 e. The molecule has 2 fully saturated rings. The third-order valence-electron chi connectivity index (χ3n) is 5.14. The maximum absolute atomic E-state index is 12.7. The number of rotatable bonds is 5. The molecule has 2 aliphatic rings. The van der Waals surface area contributed by atoms with Gasteiger partial charge in [-0.05, 0) is 51.8 Å². The average Bonchev–Trinajstić information content (AvgIpc) is 3.22. The summed E-state index contributed by atoms with van der Waals surface area (Å²) in [5.41, 5.74) is 0.105. The number of benzene rings is 1. The van der Waals surface area contributed by atoms with E-state index in [1.54, 1.807) is 4.90 Å². The molecule has 29 heavy (non-hydrogen) atoms. The van der Waals surface area contributed by atoms with Crippen LogP contribution in [0.3, 0.4) is 0 Å². The van der Waals surface area contributed by atoms with Crippen LogP contribution in [0.4, 0.5) is 0 Å². The van der Waals surface area contributed by atoms with Gasteiger partial charge in [-0.15, -0.1) is 0 Å². The molecule has 0 bridgehead atoms. The van der Waals surface area contributed by atoms with Crippen LogP contribution in [-0.2, 0) is 24.3 Å². The number of nitrogens with zero attached hydrogens (tertiary/aromatic N) is 2. The Morgan fingerprint density at radius 1 is 1.14 bits per heavy atom. The van der Waals surface area contributed by atoms with Crippen LogP contribution in [0.25, 0.3) is 0 Å². The van der Waals surface area contributed by atoms with E-state index in [2.05, 4.69) is 0 Å². The third kappa shape index (κ3) is 4.96. The van der Waals surface area contributed by atoms with Crippen molar-refractivity contribution in [3.63, 3.8) is 0 Å². The Morgan fingerprint density at radius 2 is 1.76 bits per heavy atom. The first-order chi connectivity index (χ1) is 13.7. The van der Waals surface area contributed by atoms with Crippen molar-refractivity contribution in [2.75, 3.05) is 26.2 Å². The van der Waals surface area contributed by atoms with Gasteiger partial charge in [0.1, 0.15) is 0 Å². The molecule has 0 saturated carbocycles. The van der Waals surface area contributed by atoms with Crippen LogP contribution in [0.5, 0.6) is 0 Å². The number of hydrogen-bond acceptors (Lipinski definition) is 6. The Labute approximate surface area is 171 Å². The maximum atomic E-state index is 12.7. The van der Waals surface area contributed by atoms with E-state index >= 15 is 0 Å². The SMILES string of the molecule is CC1CN(C(=O)C(C)OC(=O)c2cccc(S(=O)(=O)N3CCCC3)c2)CC(C)O1. The average molecular weight is 425 g/mol. The van der Waals surface area contributed by atoms with Gasteiger partial charge in [0.15, 0.2) is 6.10 Å². The molecule has 1 amide bonds. The lowest BCUT2D eigenvalue weighted by atomic mass is 10.2. The van der Waals surface area contributed by atoms with Gasteiger partial charge in [-0.2, -0.15) is 4.31 Å². The van der Waals surface area contributed by atoms with E-state index in [-0.39, 0.29) is 28.6 Å². The largest absolute Gasteiger partial charge is 0.449 e. The molecule has 0 spiro atoms. The summed E-state index contributed by atoms with van der Waals surface area (Å²) < 4.78 is 37.8. The monoisotopic (exact) mass is 424 g/mol. The molecule has 0 radical (unpaired) electrons. The third-order valence-corrected chi connectivity index (χ3v) is 7.03. The molecule has 9 heteroatoms. The van der Waals surface area contributed by atoms with Crippen molar-refractivity contribution in [3.8, 4) is 0 Å². The molecule has 1 aromatic carbocycles. The fourth-order valence-corrected chi connectivity index (χ4v) is 5.32. The summed E-state index contributed by atoms with van der Waals surface area (Å²) in [6.45, 7) is 7.15. The molecule has 2 saturated heterocycles. The quantitative estimate of drug-likeness (QED) is 0.668. The molecular weight excluding hydrogens is 396 g/mol. The van der Waals surface area contributed by atoms with Crippen LogP contribution in [0.1, 0.15) is 44.0 Å². The van der Waals surface area contributed by atoms with Crippen LogP contribution < -0.4 is 0 Å². The molecule has 3 atom stereocenters. The Hall–Kier alpha value is -1.97. The standard InChI is InChI=1S/C20H28N2O6S/c1-14-12-21(13-15(2)27-14)19(23)16(3)28-20(24)17-7-6-8-18(11-17)29(25,26)22-9-4-5-10-22/h6-8,11,14-16H,4-5,9-10,12-13H2,1-3H3. The van der Waals surface area contributed by atoms with Crippen molar-refractivity contribution >= 4 is 21.9 Å². The molecular formula is C20H28N2O6S. The van der Waals surface area contributed by atoms with Crippen molar-refractivity contribution in [3.05, 3.63) is 29.8 Å². The number of ether oxygens (including phenoxy) is 2. The molecule has 2 aliphatic heterocycles. The molecule has 3 rings (SSSR count). The minimum atomic E-state index is -3.63. The van der Waals surface area contributed by atoms with Gasteiger partial charge in [-0.1, -0.05) is 6.07 Å².